The molecule has 0 spiro atoms. The van der Waals surface area contributed by atoms with Gasteiger partial charge in [0, 0.05) is 17.0 Å². The van der Waals surface area contributed by atoms with Crippen LogP contribution in [0.2, 0.25) is 0 Å². The Bertz CT molecular complexity index is 1480. The van der Waals surface area contributed by atoms with E-state index in [4.69, 9.17) is 4.74 Å². The first kappa shape index (κ1) is 34.0. The first-order chi connectivity index (χ1) is 20.3. The monoisotopic (exact) mass is 625 g/mol. The van der Waals surface area contributed by atoms with E-state index in [1.807, 2.05) is 72.1 Å². The molecule has 0 aliphatic heterocycles. The predicted molar refractivity (Wildman–Crippen MR) is 174 cm³/mol. The summed E-state index contributed by atoms with van der Waals surface area (Å²) < 4.78 is 34.9. The summed E-state index contributed by atoms with van der Waals surface area (Å²) in [4.78, 5) is 30.2. The van der Waals surface area contributed by atoms with Crippen molar-refractivity contribution in [3.05, 3.63) is 83.9 Å². The molecule has 10 heteroatoms. The second-order valence-corrected chi connectivity index (χ2v) is 14.0. The molecule has 0 aliphatic rings. The zero-order chi connectivity index (χ0) is 31.8. The normalized spacial score (nSPS) is 12.3. The van der Waals surface area contributed by atoms with Gasteiger partial charge in [0.1, 0.15) is 18.3 Å². The van der Waals surface area contributed by atoms with Crippen LogP contribution in [0.3, 0.4) is 0 Å². The van der Waals surface area contributed by atoms with Crippen molar-refractivity contribution in [2.45, 2.75) is 75.9 Å². The number of nitrogens with one attached hydrogen (secondary N) is 1. The van der Waals surface area contributed by atoms with Crippen molar-refractivity contribution in [2.24, 2.45) is 0 Å². The van der Waals surface area contributed by atoms with E-state index in [2.05, 4.69) is 5.32 Å². The quantitative estimate of drug-likeness (QED) is 0.233. The molecule has 3 rings (SSSR count). The van der Waals surface area contributed by atoms with Gasteiger partial charge in [0.2, 0.25) is 11.8 Å². The maximum atomic E-state index is 14.3. The number of amides is 2. The highest BCUT2D eigenvalue weighted by atomic mass is 32.2. The van der Waals surface area contributed by atoms with E-state index in [0.717, 1.165) is 20.3 Å². The SMILES string of the molecule is CCOc1ccc(N(CC(=O)N(Cc2ccccc2C)[C@H](CC)C(=O)NC(C)(C)C)S(=O)(=O)c2ccc(SC)cc2)cc1. The number of hydrogen-bond acceptors (Lipinski definition) is 6. The fourth-order valence-electron chi connectivity index (χ4n) is 4.62. The van der Waals surface area contributed by atoms with Crippen molar-refractivity contribution < 1.29 is 22.7 Å². The molecule has 0 fully saturated rings. The van der Waals surface area contributed by atoms with Crippen LogP contribution in [0.1, 0.15) is 52.2 Å². The maximum Gasteiger partial charge on any atom is 0.264 e. The minimum absolute atomic E-state index is 0.0648. The van der Waals surface area contributed by atoms with Crippen LogP contribution >= 0.6 is 11.8 Å². The summed E-state index contributed by atoms with van der Waals surface area (Å²) >= 11 is 1.51. The molecule has 0 aliphatic carbocycles. The zero-order valence-electron chi connectivity index (χ0n) is 26.1. The summed E-state index contributed by atoms with van der Waals surface area (Å²) in [6.45, 7) is 11.4. The lowest BCUT2D eigenvalue weighted by Gasteiger charge is -2.35. The van der Waals surface area contributed by atoms with E-state index in [1.54, 1.807) is 48.5 Å². The molecule has 0 aromatic heterocycles. The van der Waals surface area contributed by atoms with Gasteiger partial charge in [-0.25, -0.2) is 8.42 Å². The fraction of sp³-hybridized carbons (Fsp3) is 0.394. The Morgan fingerprint density at radius 3 is 2.12 bits per heavy atom. The number of ether oxygens (including phenoxy) is 1. The lowest BCUT2D eigenvalue weighted by atomic mass is 10.0. The molecule has 3 aromatic rings. The second kappa shape index (κ2) is 14.8. The van der Waals surface area contributed by atoms with Crippen molar-refractivity contribution in [2.75, 3.05) is 23.7 Å². The van der Waals surface area contributed by atoms with E-state index in [0.29, 0.717) is 24.5 Å². The number of sulfonamides is 1. The Labute approximate surface area is 260 Å². The average molecular weight is 626 g/mol. The lowest BCUT2D eigenvalue weighted by Crippen LogP contribution is -2.55. The first-order valence-electron chi connectivity index (χ1n) is 14.4. The Balaban J connectivity index is 2.09. The van der Waals surface area contributed by atoms with Crippen LogP contribution < -0.4 is 14.4 Å². The highest BCUT2D eigenvalue weighted by Crippen LogP contribution is 2.28. The molecule has 1 N–H and O–H groups in total. The first-order valence-corrected chi connectivity index (χ1v) is 17.0. The minimum atomic E-state index is -4.16. The van der Waals surface area contributed by atoms with Crippen molar-refractivity contribution in [3.63, 3.8) is 0 Å². The minimum Gasteiger partial charge on any atom is -0.494 e. The molecule has 8 nitrogen and oxygen atoms in total. The van der Waals surface area contributed by atoms with Crippen LogP contribution in [0, 0.1) is 6.92 Å². The standard InChI is InChI=1S/C33H43N3O5S2/c1-8-30(32(38)34-33(4,5)6)35(22-25-13-11-10-12-24(25)3)31(37)23-36(26-14-16-27(17-15-26)41-9-2)43(39,40)29-20-18-28(42-7)19-21-29/h10-21,30H,8-9,22-23H2,1-7H3,(H,34,38)/t30-/m1/s1. The third-order valence-corrected chi connectivity index (χ3v) is 9.38. The Morgan fingerprint density at radius 2 is 1.58 bits per heavy atom. The lowest BCUT2D eigenvalue weighted by molar-refractivity contribution is -0.141. The van der Waals surface area contributed by atoms with Gasteiger partial charge in [-0.3, -0.25) is 13.9 Å². The van der Waals surface area contributed by atoms with Gasteiger partial charge in [-0.2, -0.15) is 0 Å². The molecular weight excluding hydrogens is 583 g/mol. The molecule has 1 atom stereocenters. The summed E-state index contributed by atoms with van der Waals surface area (Å²) in [6, 6.07) is 20.0. The van der Waals surface area contributed by atoms with Crippen LogP contribution in [0.4, 0.5) is 5.69 Å². The third-order valence-electron chi connectivity index (χ3n) is 6.85. The van der Waals surface area contributed by atoms with Crippen molar-refractivity contribution in [1.82, 2.24) is 10.2 Å². The van der Waals surface area contributed by atoms with Gasteiger partial charge in [-0.05, 0) is 107 Å². The smallest absolute Gasteiger partial charge is 0.264 e. The molecule has 0 saturated heterocycles. The average Bonchev–Trinajstić information content (AvgIpc) is 2.96. The largest absolute Gasteiger partial charge is 0.494 e. The van der Waals surface area contributed by atoms with E-state index in [-0.39, 0.29) is 17.3 Å². The summed E-state index contributed by atoms with van der Waals surface area (Å²) in [7, 11) is -4.16. The number of thioether (sulfide) groups is 1. The molecule has 43 heavy (non-hydrogen) atoms. The van der Waals surface area contributed by atoms with Gasteiger partial charge in [-0.1, -0.05) is 31.2 Å². The van der Waals surface area contributed by atoms with Gasteiger partial charge < -0.3 is 15.0 Å². The fourth-order valence-corrected chi connectivity index (χ4v) is 6.44. The number of rotatable bonds is 13. The van der Waals surface area contributed by atoms with Gasteiger partial charge in [-0.15, -0.1) is 11.8 Å². The topological polar surface area (TPSA) is 96.0 Å². The summed E-state index contributed by atoms with van der Waals surface area (Å²) in [6.07, 6.45) is 2.27. The van der Waals surface area contributed by atoms with Crippen LogP contribution in [0.5, 0.6) is 5.75 Å². The van der Waals surface area contributed by atoms with E-state index < -0.39 is 34.1 Å². The van der Waals surface area contributed by atoms with E-state index >= 15 is 0 Å². The molecular formula is C33H43N3O5S2. The van der Waals surface area contributed by atoms with Gasteiger partial charge in [0.25, 0.3) is 10.0 Å². The van der Waals surface area contributed by atoms with Crippen LogP contribution in [-0.2, 0) is 26.2 Å². The molecule has 232 valence electrons. The highest BCUT2D eigenvalue weighted by molar-refractivity contribution is 7.98. The van der Waals surface area contributed by atoms with E-state index in [9.17, 15) is 18.0 Å². The summed E-state index contributed by atoms with van der Waals surface area (Å²) in [5.74, 6) is -0.192. The van der Waals surface area contributed by atoms with Crippen molar-refractivity contribution >= 4 is 39.3 Å². The third kappa shape index (κ3) is 9.00. The Morgan fingerprint density at radius 1 is 0.953 bits per heavy atom. The number of carbonyl (C=O) groups excluding carboxylic acids is 2. The zero-order valence-corrected chi connectivity index (χ0v) is 27.7. The number of aryl methyl sites for hydroxylation is 1. The number of carbonyl (C=O) groups is 2. The predicted octanol–water partition coefficient (Wildman–Crippen LogP) is 6.03. The second-order valence-electron chi connectivity index (χ2n) is 11.2. The number of anilines is 1. The summed E-state index contributed by atoms with van der Waals surface area (Å²) in [5, 5.41) is 3.00. The number of benzene rings is 3. The van der Waals surface area contributed by atoms with Crippen LogP contribution in [0.25, 0.3) is 0 Å². The van der Waals surface area contributed by atoms with Gasteiger partial charge in [0.15, 0.2) is 0 Å². The number of nitrogens with zero attached hydrogens (tertiary/aromatic N) is 2. The molecule has 3 aromatic carbocycles. The molecule has 0 heterocycles. The molecule has 0 bridgehead atoms. The number of hydrogen-bond donors (Lipinski definition) is 1. The Kier molecular flexibility index (Phi) is 11.7. The summed E-state index contributed by atoms with van der Waals surface area (Å²) in [5.41, 5.74) is 1.65. The Hall–Kier alpha value is -3.50. The van der Waals surface area contributed by atoms with Crippen LogP contribution in [0.15, 0.2) is 82.6 Å². The van der Waals surface area contributed by atoms with Gasteiger partial charge >= 0.3 is 0 Å². The highest BCUT2D eigenvalue weighted by Gasteiger charge is 2.34. The molecule has 0 saturated carbocycles. The molecule has 0 unspecified atom stereocenters. The van der Waals surface area contributed by atoms with Crippen LogP contribution in [-0.4, -0.2) is 56.1 Å². The van der Waals surface area contributed by atoms with Crippen molar-refractivity contribution in [1.29, 1.82) is 0 Å². The van der Waals surface area contributed by atoms with Gasteiger partial charge in [0.05, 0.1) is 17.2 Å². The molecule has 2 amide bonds. The van der Waals surface area contributed by atoms with Crippen molar-refractivity contribution in [3.8, 4) is 5.75 Å². The molecule has 0 radical (unpaired) electrons. The van der Waals surface area contributed by atoms with E-state index in [1.165, 1.54) is 16.7 Å². The maximum absolute atomic E-state index is 14.3.